The van der Waals surface area contributed by atoms with Crippen molar-refractivity contribution in [1.29, 1.82) is 0 Å². The van der Waals surface area contributed by atoms with Crippen molar-refractivity contribution in [3.8, 4) is 0 Å². The average molecular weight is 569 g/mol. The molecule has 238 valence electrons. The molecule has 2 heteroatoms. The van der Waals surface area contributed by atoms with Crippen molar-refractivity contribution < 1.29 is 0 Å². The SMILES string of the molecule is C=C(C)NCCC.CC.CC.CCC(CC)(CC)CCC1=CC(C)=C(C)CC1.Cc1ccc(N2CCC(C)C2)cc1. The minimum absolute atomic E-state index is 0.602. The topological polar surface area (TPSA) is 15.3 Å². The summed E-state index contributed by atoms with van der Waals surface area (Å²) in [5.74, 6) is 0.862. The lowest BCUT2D eigenvalue weighted by Crippen LogP contribution is -2.18. The lowest BCUT2D eigenvalue weighted by molar-refractivity contribution is 0.228. The first-order valence-electron chi connectivity index (χ1n) is 17.2. The highest BCUT2D eigenvalue weighted by molar-refractivity contribution is 5.48. The zero-order valence-corrected chi connectivity index (χ0v) is 30.1. The van der Waals surface area contributed by atoms with E-state index in [0.29, 0.717) is 5.41 Å². The van der Waals surface area contributed by atoms with E-state index in [1.54, 1.807) is 11.1 Å². The molecule has 1 heterocycles. The largest absolute Gasteiger partial charge is 0.389 e. The number of aryl methyl sites for hydroxylation is 1. The van der Waals surface area contributed by atoms with E-state index in [9.17, 15) is 0 Å². The Hall–Kier alpha value is -1.96. The predicted molar refractivity (Wildman–Crippen MR) is 191 cm³/mol. The van der Waals surface area contributed by atoms with E-state index in [1.807, 2.05) is 34.6 Å². The number of nitrogens with one attached hydrogen (secondary N) is 1. The predicted octanol–water partition coefficient (Wildman–Crippen LogP) is 12.5. The van der Waals surface area contributed by atoms with Crippen LogP contribution in [-0.4, -0.2) is 19.6 Å². The molecule has 1 unspecified atom stereocenters. The first-order valence-corrected chi connectivity index (χ1v) is 17.2. The van der Waals surface area contributed by atoms with Crippen LogP contribution in [0.1, 0.15) is 146 Å². The highest BCUT2D eigenvalue weighted by atomic mass is 15.1. The number of anilines is 1. The maximum Gasteiger partial charge on any atom is 0.0366 e. The molecule has 0 radical (unpaired) electrons. The molecular weight excluding hydrogens is 496 g/mol. The van der Waals surface area contributed by atoms with Crippen molar-refractivity contribution in [3.05, 3.63) is 64.9 Å². The zero-order chi connectivity index (χ0) is 31.8. The second-order valence-corrected chi connectivity index (χ2v) is 11.7. The zero-order valence-electron chi connectivity index (χ0n) is 30.1. The van der Waals surface area contributed by atoms with Gasteiger partial charge in [0.2, 0.25) is 0 Å². The van der Waals surface area contributed by atoms with Gasteiger partial charge in [0.25, 0.3) is 0 Å². The summed E-state index contributed by atoms with van der Waals surface area (Å²) < 4.78 is 0. The Morgan fingerprint density at radius 2 is 1.49 bits per heavy atom. The number of allylic oxidation sites excluding steroid dienone is 5. The molecule has 0 saturated carbocycles. The van der Waals surface area contributed by atoms with Crippen molar-refractivity contribution in [2.45, 2.75) is 148 Å². The molecule has 1 aliphatic heterocycles. The Morgan fingerprint density at radius 1 is 0.927 bits per heavy atom. The van der Waals surface area contributed by atoms with Crippen molar-refractivity contribution in [3.63, 3.8) is 0 Å². The molecule has 1 aliphatic carbocycles. The number of nitrogens with zero attached hydrogens (tertiary/aromatic N) is 1. The van der Waals surface area contributed by atoms with E-state index in [0.717, 1.165) is 18.2 Å². The fraction of sp³-hybridized carbons (Fsp3) is 0.692. The Bertz CT molecular complexity index is 831. The number of hydrogen-bond acceptors (Lipinski definition) is 2. The Labute approximate surface area is 259 Å². The van der Waals surface area contributed by atoms with Crippen LogP contribution in [0.25, 0.3) is 0 Å². The van der Waals surface area contributed by atoms with Crippen LogP contribution in [0.3, 0.4) is 0 Å². The van der Waals surface area contributed by atoms with Gasteiger partial charge < -0.3 is 10.2 Å². The fourth-order valence-corrected chi connectivity index (χ4v) is 5.21. The molecule has 1 saturated heterocycles. The van der Waals surface area contributed by atoms with Gasteiger partial charge in [0.1, 0.15) is 0 Å². The molecule has 0 amide bonds. The summed E-state index contributed by atoms with van der Waals surface area (Å²) >= 11 is 0. The van der Waals surface area contributed by atoms with E-state index >= 15 is 0 Å². The second-order valence-electron chi connectivity index (χ2n) is 11.7. The summed E-state index contributed by atoms with van der Waals surface area (Å²) in [6.45, 7) is 35.4. The van der Waals surface area contributed by atoms with Gasteiger partial charge in [-0.05, 0) is 89.7 Å². The molecule has 3 rings (SSSR count). The van der Waals surface area contributed by atoms with Crippen LogP contribution < -0.4 is 10.2 Å². The van der Waals surface area contributed by atoms with Crippen molar-refractivity contribution >= 4 is 5.69 Å². The molecule has 1 N–H and O–H groups in total. The number of hydrogen-bond donors (Lipinski definition) is 1. The Balaban J connectivity index is 0. The first kappa shape index (κ1) is 41.2. The van der Waals surface area contributed by atoms with Crippen LogP contribution in [0.15, 0.2) is 59.3 Å². The lowest BCUT2D eigenvalue weighted by Gasteiger charge is -2.31. The van der Waals surface area contributed by atoms with Crippen LogP contribution in [0.2, 0.25) is 0 Å². The van der Waals surface area contributed by atoms with E-state index in [-0.39, 0.29) is 0 Å². The van der Waals surface area contributed by atoms with Gasteiger partial charge >= 0.3 is 0 Å². The van der Waals surface area contributed by atoms with E-state index in [2.05, 4.69) is 103 Å². The molecule has 1 fully saturated rings. The van der Waals surface area contributed by atoms with Crippen molar-refractivity contribution in [1.82, 2.24) is 5.32 Å². The summed E-state index contributed by atoms with van der Waals surface area (Å²) in [4.78, 5) is 2.48. The second kappa shape index (κ2) is 24.6. The van der Waals surface area contributed by atoms with Gasteiger partial charge in [0.05, 0.1) is 0 Å². The van der Waals surface area contributed by atoms with E-state index in [4.69, 9.17) is 0 Å². The maximum absolute atomic E-state index is 3.68. The molecule has 41 heavy (non-hydrogen) atoms. The fourth-order valence-electron chi connectivity index (χ4n) is 5.21. The van der Waals surface area contributed by atoms with Gasteiger partial charge in [-0.2, -0.15) is 0 Å². The normalized spacial score (nSPS) is 16.0. The van der Waals surface area contributed by atoms with Crippen LogP contribution in [0.4, 0.5) is 5.69 Å². The van der Waals surface area contributed by atoms with Crippen LogP contribution in [0.5, 0.6) is 0 Å². The standard InChI is InChI=1S/C17H30.C12H17N.C6H13N.2C2H6/c1-6-17(7-2,8-3)12-11-16-10-9-14(4)15(5)13-16;1-10-3-5-12(6-4-10)13-8-7-11(2)9-13;1-4-5-7-6(2)3;2*1-2/h13H,6-12H2,1-5H3;3-6,11H,7-9H2,1-2H3;7H,2,4-5H2,1,3H3;2*1-2H3. The van der Waals surface area contributed by atoms with Gasteiger partial charge in [-0.15, -0.1) is 0 Å². The summed E-state index contributed by atoms with van der Waals surface area (Å²) in [6, 6.07) is 8.84. The highest BCUT2D eigenvalue weighted by Crippen LogP contribution is 2.38. The summed E-state index contributed by atoms with van der Waals surface area (Å²) in [5.41, 5.74) is 9.17. The minimum atomic E-state index is 0.602. The third-order valence-electron chi connectivity index (χ3n) is 8.64. The van der Waals surface area contributed by atoms with Crippen LogP contribution in [0, 0.1) is 18.3 Å². The molecule has 2 nitrogen and oxygen atoms in total. The maximum atomic E-state index is 3.68. The van der Waals surface area contributed by atoms with Gasteiger partial charge in [-0.25, -0.2) is 0 Å². The minimum Gasteiger partial charge on any atom is -0.389 e. The molecule has 2 aliphatic rings. The summed E-state index contributed by atoms with van der Waals surface area (Å²) in [6.07, 6.45) is 14.3. The van der Waals surface area contributed by atoms with Gasteiger partial charge in [-0.3, -0.25) is 0 Å². The Morgan fingerprint density at radius 3 is 1.88 bits per heavy atom. The average Bonchev–Trinajstić information content (AvgIpc) is 3.44. The molecule has 0 bridgehead atoms. The third kappa shape index (κ3) is 17.6. The monoisotopic (exact) mass is 569 g/mol. The third-order valence-corrected chi connectivity index (χ3v) is 8.64. The number of rotatable bonds is 10. The van der Waals surface area contributed by atoms with Crippen LogP contribution >= 0.6 is 0 Å². The smallest absolute Gasteiger partial charge is 0.0366 e. The molecule has 1 aromatic rings. The van der Waals surface area contributed by atoms with Crippen LogP contribution in [-0.2, 0) is 0 Å². The highest BCUT2D eigenvalue weighted by Gasteiger charge is 2.24. The molecule has 1 aromatic carbocycles. The van der Waals surface area contributed by atoms with Gasteiger partial charge in [0.15, 0.2) is 0 Å². The van der Waals surface area contributed by atoms with Gasteiger partial charge in [-0.1, -0.05) is 129 Å². The molecule has 0 aromatic heterocycles. The number of benzene rings is 1. The quantitative estimate of drug-likeness (QED) is 0.302. The molecular formula is C39H72N2. The van der Waals surface area contributed by atoms with Gasteiger partial charge in [0, 0.05) is 31.0 Å². The summed E-state index contributed by atoms with van der Waals surface area (Å²) in [5, 5.41) is 3.10. The first-order chi connectivity index (χ1) is 19.6. The van der Waals surface area contributed by atoms with E-state index < -0.39 is 0 Å². The lowest BCUT2D eigenvalue weighted by atomic mass is 9.74. The Kier molecular flexibility index (Phi) is 24.7. The molecule has 1 atom stereocenters. The summed E-state index contributed by atoms with van der Waals surface area (Å²) in [7, 11) is 0. The van der Waals surface area contributed by atoms with Crippen molar-refractivity contribution in [2.24, 2.45) is 11.3 Å². The molecule has 0 spiro atoms. The van der Waals surface area contributed by atoms with Crippen molar-refractivity contribution in [2.75, 3.05) is 24.5 Å². The van der Waals surface area contributed by atoms with E-state index in [1.165, 1.54) is 87.7 Å².